The number of aryl methyl sites for hydroxylation is 1. The minimum atomic E-state index is -0.904. The molecule has 6 heteroatoms. The molecule has 2 N–H and O–H groups in total. The van der Waals surface area contributed by atoms with Gasteiger partial charge in [0.2, 0.25) is 0 Å². The fourth-order valence-corrected chi connectivity index (χ4v) is 4.13. The predicted molar refractivity (Wildman–Crippen MR) is 131 cm³/mol. The highest BCUT2D eigenvalue weighted by molar-refractivity contribution is 5.90. The number of nitrogens with zero attached hydrogens (tertiary/aromatic N) is 2. The van der Waals surface area contributed by atoms with E-state index in [1.807, 2.05) is 37.3 Å². The molecule has 6 nitrogen and oxygen atoms in total. The van der Waals surface area contributed by atoms with Gasteiger partial charge in [-0.3, -0.25) is 0 Å². The summed E-state index contributed by atoms with van der Waals surface area (Å²) in [4.78, 5) is 20.3. The van der Waals surface area contributed by atoms with Crippen LogP contribution in [0.25, 0.3) is 22.0 Å². The minimum Gasteiger partial charge on any atom is -0.496 e. The van der Waals surface area contributed by atoms with Gasteiger partial charge in [0, 0.05) is 23.7 Å². The van der Waals surface area contributed by atoms with E-state index in [-0.39, 0.29) is 0 Å². The van der Waals surface area contributed by atoms with Crippen molar-refractivity contribution in [2.45, 2.75) is 26.2 Å². The molecule has 1 aromatic heterocycles. The highest BCUT2D eigenvalue weighted by atomic mass is 16.5. The fraction of sp³-hybridized carbons (Fsp3) is 0.222. The van der Waals surface area contributed by atoms with Gasteiger partial charge < -0.3 is 15.2 Å². The Morgan fingerprint density at radius 3 is 2.67 bits per heavy atom. The molecule has 0 aliphatic carbocycles. The average molecular weight is 442 g/mol. The molecule has 1 heterocycles. The van der Waals surface area contributed by atoms with Gasteiger partial charge >= 0.3 is 5.97 Å². The van der Waals surface area contributed by atoms with E-state index in [4.69, 9.17) is 4.74 Å². The number of fused-ring (bicyclic) bond motifs is 1. The maximum absolute atomic E-state index is 11.5. The van der Waals surface area contributed by atoms with E-state index in [9.17, 15) is 9.90 Å². The lowest BCUT2D eigenvalue weighted by Crippen LogP contribution is -2.08. The summed E-state index contributed by atoms with van der Waals surface area (Å²) in [6.45, 7) is 2.72. The van der Waals surface area contributed by atoms with Gasteiger partial charge in [-0.25, -0.2) is 14.8 Å². The van der Waals surface area contributed by atoms with E-state index in [2.05, 4.69) is 33.5 Å². The van der Waals surface area contributed by atoms with Crippen molar-refractivity contribution in [2.75, 3.05) is 19.0 Å². The number of rotatable bonds is 9. The molecule has 0 fully saturated rings. The smallest absolute Gasteiger partial charge is 0.335 e. The first-order valence-electron chi connectivity index (χ1n) is 11.1. The zero-order valence-corrected chi connectivity index (χ0v) is 18.8. The molecule has 168 valence electrons. The predicted octanol–water partition coefficient (Wildman–Crippen LogP) is 5.61. The summed E-state index contributed by atoms with van der Waals surface area (Å²) >= 11 is 0. The van der Waals surface area contributed by atoms with Gasteiger partial charge in [-0.2, -0.15) is 0 Å². The highest BCUT2D eigenvalue weighted by Crippen LogP contribution is 2.29. The number of ether oxygens (including phenoxy) is 1. The van der Waals surface area contributed by atoms with Gasteiger partial charge in [0.25, 0.3) is 0 Å². The van der Waals surface area contributed by atoms with Crippen molar-refractivity contribution in [3.63, 3.8) is 0 Å². The van der Waals surface area contributed by atoms with Gasteiger partial charge in [-0.1, -0.05) is 49.7 Å². The van der Waals surface area contributed by atoms with Crippen molar-refractivity contribution >= 4 is 22.6 Å². The van der Waals surface area contributed by atoms with Gasteiger partial charge in [0.05, 0.1) is 18.4 Å². The Balaban J connectivity index is 1.53. The van der Waals surface area contributed by atoms with Crippen molar-refractivity contribution < 1.29 is 14.6 Å². The lowest BCUT2D eigenvalue weighted by molar-refractivity contribution is 0.0695. The molecule has 4 rings (SSSR count). The maximum Gasteiger partial charge on any atom is 0.335 e. The van der Waals surface area contributed by atoms with Crippen LogP contribution in [-0.2, 0) is 12.8 Å². The Kier molecular flexibility index (Phi) is 6.83. The molecule has 0 radical (unpaired) electrons. The number of anilines is 1. The van der Waals surface area contributed by atoms with Gasteiger partial charge in [-0.05, 0) is 47.4 Å². The molecule has 0 saturated heterocycles. The van der Waals surface area contributed by atoms with Gasteiger partial charge in [0.15, 0.2) is 0 Å². The second-order valence-electron chi connectivity index (χ2n) is 7.86. The van der Waals surface area contributed by atoms with E-state index in [1.54, 1.807) is 19.2 Å². The first-order valence-corrected chi connectivity index (χ1v) is 11.1. The topological polar surface area (TPSA) is 84.3 Å². The molecule has 0 amide bonds. The molecule has 0 bridgehead atoms. The number of hydrogen-bond acceptors (Lipinski definition) is 5. The van der Waals surface area contributed by atoms with Crippen LogP contribution < -0.4 is 10.1 Å². The third-order valence-electron chi connectivity index (χ3n) is 5.72. The van der Waals surface area contributed by atoms with Crippen LogP contribution in [0, 0.1) is 0 Å². The maximum atomic E-state index is 11.5. The van der Waals surface area contributed by atoms with E-state index in [0.29, 0.717) is 18.5 Å². The van der Waals surface area contributed by atoms with Crippen LogP contribution in [0.4, 0.5) is 5.82 Å². The standard InChI is InChI=1S/C27H27N3O3/c1-3-6-19-15-20(9-11-22(19)27(31)32)24-16-26(30-17-29-24)28-14-13-23-21-8-5-4-7-18(21)10-12-25(23)33-2/h4-5,7-12,15-17H,3,6,13-14H2,1-2H3,(H,31,32)(H,28,29,30). The van der Waals surface area contributed by atoms with Crippen LogP contribution in [0.15, 0.2) is 67.0 Å². The van der Waals surface area contributed by atoms with E-state index in [1.165, 1.54) is 17.1 Å². The molecular formula is C27H27N3O3. The fourth-order valence-electron chi connectivity index (χ4n) is 4.13. The van der Waals surface area contributed by atoms with Crippen LogP contribution in [0.5, 0.6) is 5.75 Å². The molecule has 0 spiro atoms. The Morgan fingerprint density at radius 2 is 1.88 bits per heavy atom. The Morgan fingerprint density at radius 1 is 1.03 bits per heavy atom. The SMILES string of the molecule is CCCc1cc(-c2cc(NCCc3c(OC)ccc4ccccc34)ncn2)ccc1C(=O)O. The van der Waals surface area contributed by atoms with Gasteiger partial charge in [0.1, 0.15) is 17.9 Å². The molecule has 3 aromatic carbocycles. The molecule has 4 aromatic rings. The summed E-state index contributed by atoms with van der Waals surface area (Å²) in [7, 11) is 1.69. The van der Waals surface area contributed by atoms with Crippen LogP contribution in [0.1, 0.15) is 34.8 Å². The number of benzene rings is 3. The molecule has 0 aliphatic heterocycles. The van der Waals surface area contributed by atoms with E-state index < -0.39 is 5.97 Å². The Labute approximate surface area is 193 Å². The number of aromatic carboxylic acids is 1. The highest BCUT2D eigenvalue weighted by Gasteiger charge is 2.12. The normalized spacial score (nSPS) is 10.8. The number of carboxylic acid groups (broad SMARTS) is 1. The summed E-state index contributed by atoms with van der Waals surface area (Å²) in [6, 6.07) is 19.6. The molecule has 0 atom stereocenters. The number of hydrogen-bond donors (Lipinski definition) is 2. The van der Waals surface area contributed by atoms with Crippen LogP contribution in [0.3, 0.4) is 0 Å². The Hall–Kier alpha value is -3.93. The Bertz CT molecular complexity index is 1290. The number of carbonyl (C=O) groups is 1. The van der Waals surface area contributed by atoms with E-state index >= 15 is 0 Å². The number of aromatic nitrogens is 2. The number of carboxylic acids is 1. The quantitative estimate of drug-likeness (QED) is 0.351. The van der Waals surface area contributed by atoms with Crippen molar-refractivity contribution in [1.29, 1.82) is 0 Å². The van der Waals surface area contributed by atoms with Crippen molar-refractivity contribution in [3.05, 3.63) is 83.7 Å². The van der Waals surface area contributed by atoms with Crippen molar-refractivity contribution in [3.8, 4) is 17.0 Å². The zero-order valence-electron chi connectivity index (χ0n) is 18.8. The van der Waals surface area contributed by atoms with Crippen LogP contribution in [0.2, 0.25) is 0 Å². The largest absolute Gasteiger partial charge is 0.496 e. The third kappa shape index (κ3) is 4.95. The average Bonchev–Trinajstić information content (AvgIpc) is 2.84. The molecule has 0 saturated carbocycles. The number of nitrogens with one attached hydrogen (secondary N) is 1. The summed E-state index contributed by atoms with van der Waals surface area (Å²) in [6.07, 6.45) is 3.88. The second kappa shape index (κ2) is 10.1. The van der Waals surface area contributed by atoms with E-state index in [0.717, 1.165) is 46.8 Å². The first kappa shape index (κ1) is 22.3. The summed E-state index contributed by atoms with van der Waals surface area (Å²) in [5.74, 6) is 0.693. The van der Waals surface area contributed by atoms with Gasteiger partial charge in [-0.15, -0.1) is 0 Å². The zero-order chi connectivity index (χ0) is 23.2. The van der Waals surface area contributed by atoms with Crippen LogP contribution >= 0.6 is 0 Å². The molecule has 0 unspecified atom stereocenters. The van der Waals surface area contributed by atoms with Crippen molar-refractivity contribution in [2.24, 2.45) is 0 Å². The third-order valence-corrected chi connectivity index (χ3v) is 5.72. The molecule has 0 aliphatic rings. The molecular weight excluding hydrogens is 414 g/mol. The lowest BCUT2D eigenvalue weighted by Gasteiger charge is -2.13. The second-order valence-corrected chi connectivity index (χ2v) is 7.86. The lowest BCUT2D eigenvalue weighted by atomic mass is 9.98. The minimum absolute atomic E-state index is 0.344. The monoisotopic (exact) mass is 441 g/mol. The van der Waals surface area contributed by atoms with Crippen molar-refractivity contribution in [1.82, 2.24) is 9.97 Å². The molecule has 33 heavy (non-hydrogen) atoms. The van der Waals surface area contributed by atoms with Crippen LogP contribution in [-0.4, -0.2) is 34.7 Å². The summed E-state index contributed by atoms with van der Waals surface area (Å²) < 4.78 is 5.60. The number of methoxy groups -OCH3 is 1. The summed E-state index contributed by atoms with van der Waals surface area (Å²) in [5.41, 5.74) is 3.95. The first-order chi connectivity index (χ1) is 16.1. The summed E-state index contributed by atoms with van der Waals surface area (Å²) in [5, 5.41) is 15.2.